The number of nitrogens with zero attached hydrogens (tertiary/aromatic N) is 3. The molecule has 9 heteroatoms. The molecule has 0 unspecified atom stereocenters. The zero-order chi connectivity index (χ0) is 16.8. The number of benzene rings is 1. The van der Waals surface area contributed by atoms with E-state index in [-0.39, 0.29) is 5.97 Å². The van der Waals surface area contributed by atoms with Crippen LogP contribution in [0.1, 0.15) is 19.8 Å². The van der Waals surface area contributed by atoms with E-state index in [0.29, 0.717) is 51.8 Å². The molecule has 0 aliphatic heterocycles. The van der Waals surface area contributed by atoms with Crippen LogP contribution in [-0.2, 0) is 9.53 Å². The van der Waals surface area contributed by atoms with Crippen LogP contribution in [0.3, 0.4) is 0 Å². The van der Waals surface area contributed by atoms with Crippen molar-refractivity contribution in [3.63, 3.8) is 0 Å². The molecule has 0 atom stereocenters. The smallest absolute Gasteiger partial charge is 0.305 e. The number of nitrogens with two attached hydrogens (primary N) is 1. The Kier molecular flexibility index (Phi) is 6.56. The molecule has 0 fully saturated rings. The van der Waals surface area contributed by atoms with Crippen molar-refractivity contribution in [3.8, 4) is 11.4 Å². The van der Waals surface area contributed by atoms with Gasteiger partial charge in [-0.2, -0.15) is 0 Å². The first-order valence-electron chi connectivity index (χ1n) is 6.97. The largest absolute Gasteiger partial charge is 0.466 e. The van der Waals surface area contributed by atoms with E-state index >= 15 is 0 Å². The van der Waals surface area contributed by atoms with Crippen molar-refractivity contribution < 1.29 is 9.53 Å². The molecule has 0 amide bonds. The lowest BCUT2D eigenvalue weighted by atomic mass is 10.2. The van der Waals surface area contributed by atoms with Gasteiger partial charge in [0.25, 0.3) is 0 Å². The molecule has 2 rings (SSSR count). The van der Waals surface area contributed by atoms with Crippen LogP contribution in [-0.4, -0.2) is 33.2 Å². The molecule has 1 aromatic carbocycles. The number of thioether (sulfide) groups is 1. The average molecular weight is 375 g/mol. The Morgan fingerprint density at radius 1 is 1.39 bits per heavy atom. The van der Waals surface area contributed by atoms with E-state index in [4.69, 9.17) is 33.8 Å². The van der Waals surface area contributed by atoms with E-state index < -0.39 is 0 Å². The Morgan fingerprint density at radius 3 is 2.87 bits per heavy atom. The Morgan fingerprint density at radius 2 is 2.17 bits per heavy atom. The summed E-state index contributed by atoms with van der Waals surface area (Å²) in [4.78, 5) is 11.3. The highest BCUT2D eigenvalue weighted by molar-refractivity contribution is 7.99. The number of aromatic nitrogens is 3. The number of carbonyl (C=O) groups excluding carboxylic acids is 1. The second-order valence-corrected chi connectivity index (χ2v) is 6.46. The van der Waals surface area contributed by atoms with Crippen molar-refractivity contribution in [1.29, 1.82) is 0 Å². The predicted molar refractivity (Wildman–Crippen MR) is 92.2 cm³/mol. The highest BCUT2D eigenvalue weighted by Crippen LogP contribution is 2.30. The Labute approximate surface area is 148 Å². The van der Waals surface area contributed by atoms with Gasteiger partial charge in [-0.15, -0.1) is 10.2 Å². The second-order valence-electron chi connectivity index (χ2n) is 4.56. The molecule has 0 saturated carbocycles. The third-order valence-corrected chi connectivity index (χ3v) is 4.48. The molecule has 1 aromatic heterocycles. The maximum atomic E-state index is 11.3. The Bertz CT molecular complexity index is 693. The van der Waals surface area contributed by atoms with Crippen LogP contribution in [0.4, 0.5) is 0 Å². The summed E-state index contributed by atoms with van der Waals surface area (Å²) >= 11 is 13.5. The molecular weight excluding hydrogens is 359 g/mol. The van der Waals surface area contributed by atoms with Crippen LogP contribution in [0.25, 0.3) is 11.4 Å². The SMILES string of the molecule is CCOC(=O)CCCSc1nnc(-c2ccc(Cl)cc2Cl)n1N. The second kappa shape index (κ2) is 8.42. The first-order valence-corrected chi connectivity index (χ1v) is 8.71. The van der Waals surface area contributed by atoms with Crippen LogP contribution >= 0.6 is 35.0 Å². The molecule has 0 radical (unpaired) electrons. The van der Waals surface area contributed by atoms with Gasteiger partial charge in [-0.1, -0.05) is 35.0 Å². The summed E-state index contributed by atoms with van der Waals surface area (Å²) in [7, 11) is 0. The Hall–Kier alpha value is -1.44. The van der Waals surface area contributed by atoms with E-state index in [9.17, 15) is 4.79 Å². The van der Waals surface area contributed by atoms with Crippen molar-refractivity contribution in [2.75, 3.05) is 18.2 Å². The van der Waals surface area contributed by atoms with Crippen LogP contribution in [0, 0.1) is 0 Å². The van der Waals surface area contributed by atoms with Gasteiger partial charge in [0.05, 0.1) is 11.6 Å². The summed E-state index contributed by atoms with van der Waals surface area (Å²) in [5.41, 5.74) is 0.657. The topological polar surface area (TPSA) is 83.0 Å². The molecule has 2 aromatic rings. The number of hydrogen-bond donors (Lipinski definition) is 1. The minimum absolute atomic E-state index is 0.198. The molecule has 0 bridgehead atoms. The van der Waals surface area contributed by atoms with Crippen molar-refractivity contribution >= 4 is 40.9 Å². The van der Waals surface area contributed by atoms with Gasteiger partial charge in [0.1, 0.15) is 0 Å². The molecule has 0 aliphatic rings. The van der Waals surface area contributed by atoms with Crippen molar-refractivity contribution in [1.82, 2.24) is 14.9 Å². The standard InChI is InChI=1S/C14H16Cl2N4O2S/c1-2-22-12(21)4-3-7-23-14-19-18-13(20(14)17)10-6-5-9(15)8-11(10)16/h5-6,8H,2-4,7,17H2,1H3. The zero-order valence-corrected chi connectivity index (χ0v) is 14.8. The van der Waals surface area contributed by atoms with Crippen LogP contribution < -0.4 is 5.84 Å². The highest BCUT2D eigenvalue weighted by Gasteiger charge is 2.15. The molecule has 0 aliphatic carbocycles. The summed E-state index contributed by atoms with van der Waals surface area (Å²) in [6.07, 6.45) is 1.04. The van der Waals surface area contributed by atoms with Crippen LogP contribution in [0.15, 0.2) is 23.4 Å². The summed E-state index contributed by atoms with van der Waals surface area (Å²) in [6, 6.07) is 5.08. The molecule has 2 N–H and O–H groups in total. The lowest BCUT2D eigenvalue weighted by Crippen LogP contribution is -2.12. The van der Waals surface area contributed by atoms with Crippen LogP contribution in [0.2, 0.25) is 10.0 Å². The third kappa shape index (κ3) is 4.76. The number of nitrogen functional groups attached to an aromatic ring is 1. The van der Waals surface area contributed by atoms with E-state index in [2.05, 4.69) is 10.2 Å². The maximum Gasteiger partial charge on any atom is 0.305 e. The van der Waals surface area contributed by atoms with Crippen LogP contribution in [0.5, 0.6) is 0 Å². The number of carbonyl (C=O) groups is 1. The lowest BCUT2D eigenvalue weighted by Gasteiger charge is -2.05. The summed E-state index contributed by atoms with van der Waals surface area (Å²) in [5.74, 6) is 6.96. The third-order valence-electron chi connectivity index (χ3n) is 2.90. The fourth-order valence-corrected chi connectivity index (χ4v) is 3.13. The van der Waals surface area contributed by atoms with E-state index in [1.165, 1.54) is 16.4 Å². The monoisotopic (exact) mass is 374 g/mol. The highest BCUT2D eigenvalue weighted by atomic mass is 35.5. The lowest BCUT2D eigenvalue weighted by molar-refractivity contribution is -0.143. The van der Waals surface area contributed by atoms with Crippen molar-refractivity contribution in [2.45, 2.75) is 24.9 Å². The van der Waals surface area contributed by atoms with Crippen molar-refractivity contribution in [2.24, 2.45) is 0 Å². The Balaban J connectivity index is 1.98. The number of esters is 1. The normalized spacial score (nSPS) is 10.7. The van der Waals surface area contributed by atoms with Gasteiger partial charge in [0.2, 0.25) is 5.16 Å². The maximum absolute atomic E-state index is 11.3. The van der Waals surface area contributed by atoms with Gasteiger partial charge in [0.15, 0.2) is 5.82 Å². The fourth-order valence-electron chi connectivity index (χ4n) is 1.84. The average Bonchev–Trinajstić information content (AvgIpc) is 2.85. The first kappa shape index (κ1) is 17.9. The molecule has 6 nitrogen and oxygen atoms in total. The number of ether oxygens (including phenoxy) is 1. The summed E-state index contributed by atoms with van der Waals surface area (Å²) in [6.45, 7) is 2.18. The van der Waals surface area contributed by atoms with Gasteiger partial charge in [-0.05, 0) is 31.5 Å². The molecule has 23 heavy (non-hydrogen) atoms. The van der Waals surface area contributed by atoms with E-state index in [0.717, 1.165) is 0 Å². The van der Waals surface area contributed by atoms with E-state index in [1.807, 2.05) is 0 Å². The minimum atomic E-state index is -0.198. The van der Waals surface area contributed by atoms with E-state index in [1.54, 1.807) is 25.1 Å². The number of halogens is 2. The molecular formula is C14H16Cl2N4O2S. The molecule has 0 saturated heterocycles. The molecule has 1 heterocycles. The van der Waals surface area contributed by atoms with Crippen molar-refractivity contribution in [3.05, 3.63) is 28.2 Å². The quantitative estimate of drug-likeness (QED) is 0.346. The minimum Gasteiger partial charge on any atom is -0.466 e. The molecule has 124 valence electrons. The van der Waals surface area contributed by atoms with Gasteiger partial charge >= 0.3 is 5.97 Å². The van der Waals surface area contributed by atoms with Gasteiger partial charge in [-0.25, -0.2) is 4.68 Å². The van der Waals surface area contributed by atoms with Gasteiger partial charge in [-0.3, -0.25) is 4.79 Å². The molecule has 0 spiro atoms. The zero-order valence-electron chi connectivity index (χ0n) is 12.5. The number of rotatable bonds is 7. The summed E-state index contributed by atoms with van der Waals surface area (Å²) in [5, 5.41) is 9.66. The summed E-state index contributed by atoms with van der Waals surface area (Å²) < 4.78 is 6.25. The predicted octanol–water partition coefficient (Wildman–Crippen LogP) is 3.40. The van der Waals surface area contributed by atoms with Gasteiger partial charge in [0, 0.05) is 22.8 Å². The van der Waals surface area contributed by atoms with Gasteiger partial charge < -0.3 is 10.6 Å². The fraction of sp³-hybridized carbons (Fsp3) is 0.357. The first-order chi connectivity index (χ1) is 11.0. The number of hydrogen-bond acceptors (Lipinski definition) is 6.